The van der Waals surface area contributed by atoms with E-state index < -0.39 is 0 Å². The number of carbonyl (C=O) groups excluding carboxylic acids is 1. The Morgan fingerprint density at radius 2 is 2.55 bits per heavy atom. The molecule has 1 aliphatic carbocycles. The SMILES string of the molecule is C#CCN1C(=O)C2C=CC1C2. The maximum absolute atomic E-state index is 11.3. The highest BCUT2D eigenvalue weighted by molar-refractivity contribution is 5.85. The molecule has 2 nitrogen and oxygen atoms in total. The number of hydrogen-bond donors (Lipinski definition) is 0. The van der Waals surface area contributed by atoms with E-state index in [1.54, 1.807) is 4.90 Å². The van der Waals surface area contributed by atoms with Crippen molar-refractivity contribution < 1.29 is 4.79 Å². The second-order valence-electron chi connectivity index (χ2n) is 2.96. The highest BCUT2D eigenvalue weighted by Crippen LogP contribution is 2.31. The van der Waals surface area contributed by atoms with Gasteiger partial charge in [-0.05, 0) is 6.42 Å². The quantitative estimate of drug-likeness (QED) is 0.388. The van der Waals surface area contributed by atoms with Crippen molar-refractivity contribution in [1.29, 1.82) is 0 Å². The molecule has 0 saturated carbocycles. The van der Waals surface area contributed by atoms with Crippen molar-refractivity contribution in [3.63, 3.8) is 0 Å². The van der Waals surface area contributed by atoms with E-state index in [2.05, 4.69) is 12.0 Å². The van der Waals surface area contributed by atoms with Crippen molar-refractivity contribution in [2.75, 3.05) is 6.54 Å². The van der Waals surface area contributed by atoms with Crippen LogP contribution in [0.25, 0.3) is 0 Å². The van der Waals surface area contributed by atoms with Gasteiger partial charge in [-0.1, -0.05) is 18.1 Å². The molecule has 2 bridgehead atoms. The average Bonchev–Trinajstić information content (AvgIpc) is 2.54. The fourth-order valence-corrected chi connectivity index (χ4v) is 1.76. The Labute approximate surface area is 65.9 Å². The fourth-order valence-electron chi connectivity index (χ4n) is 1.76. The minimum absolute atomic E-state index is 0.133. The molecule has 2 heteroatoms. The summed E-state index contributed by atoms with van der Waals surface area (Å²) in [6.07, 6.45) is 10.1. The third-order valence-electron chi connectivity index (χ3n) is 2.32. The molecule has 0 aromatic carbocycles. The van der Waals surface area contributed by atoms with Crippen molar-refractivity contribution in [3.8, 4) is 12.3 Å². The van der Waals surface area contributed by atoms with Crippen molar-refractivity contribution in [2.45, 2.75) is 12.5 Å². The zero-order valence-electron chi connectivity index (χ0n) is 6.16. The van der Waals surface area contributed by atoms with Crippen LogP contribution in [0.4, 0.5) is 0 Å². The lowest BCUT2D eigenvalue weighted by molar-refractivity contribution is -0.130. The molecule has 0 spiro atoms. The summed E-state index contributed by atoms with van der Waals surface area (Å²) >= 11 is 0. The van der Waals surface area contributed by atoms with Crippen LogP contribution in [0.15, 0.2) is 12.2 Å². The molecule has 1 aliphatic heterocycles. The lowest BCUT2D eigenvalue weighted by atomic mass is 10.1. The second-order valence-corrected chi connectivity index (χ2v) is 2.96. The van der Waals surface area contributed by atoms with Crippen LogP contribution in [0.5, 0.6) is 0 Å². The first-order valence-corrected chi connectivity index (χ1v) is 3.75. The topological polar surface area (TPSA) is 20.3 Å². The monoisotopic (exact) mass is 147 g/mol. The van der Waals surface area contributed by atoms with Gasteiger partial charge in [0, 0.05) is 0 Å². The van der Waals surface area contributed by atoms with Crippen molar-refractivity contribution in [1.82, 2.24) is 4.90 Å². The summed E-state index contributed by atoms with van der Waals surface area (Å²) in [5.74, 6) is 2.83. The van der Waals surface area contributed by atoms with E-state index >= 15 is 0 Å². The number of hydrogen-bond acceptors (Lipinski definition) is 1. The van der Waals surface area contributed by atoms with E-state index in [1.165, 1.54) is 0 Å². The molecule has 0 N–H and O–H groups in total. The molecule has 1 fully saturated rings. The zero-order valence-corrected chi connectivity index (χ0v) is 6.16. The van der Waals surface area contributed by atoms with E-state index in [0.717, 1.165) is 6.42 Å². The van der Waals surface area contributed by atoms with E-state index in [1.807, 2.05) is 6.08 Å². The molecule has 0 aromatic heterocycles. The van der Waals surface area contributed by atoms with Crippen LogP contribution >= 0.6 is 0 Å². The maximum Gasteiger partial charge on any atom is 0.230 e. The minimum atomic E-state index is 0.133. The lowest BCUT2D eigenvalue weighted by Gasteiger charge is -2.20. The van der Waals surface area contributed by atoms with Gasteiger partial charge < -0.3 is 4.90 Å². The molecular weight excluding hydrogens is 138 g/mol. The van der Waals surface area contributed by atoms with Crippen molar-refractivity contribution in [2.24, 2.45) is 5.92 Å². The molecule has 56 valence electrons. The highest BCUT2D eigenvalue weighted by atomic mass is 16.2. The first-order chi connectivity index (χ1) is 5.33. The van der Waals surface area contributed by atoms with E-state index in [9.17, 15) is 4.79 Å². The molecule has 1 heterocycles. The first-order valence-electron chi connectivity index (χ1n) is 3.75. The standard InChI is InChI=1S/C9H9NO/c1-2-5-10-8-4-3-7(6-8)9(10)11/h1,3-4,7-8H,5-6H2. The van der Waals surface area contributed by atoms with Crippen LogP contribution in [0.1, 0.15) is 6.42 Å². The smallest absolute Gasteiger partial charge is 0.230 e. The van der Waals surface area contributed by atoms with Gasteiger partial charge in [-0.3, -0.25) is 4.79 Å². The van der Waals surface area contributed by atoms with E-state index in [4.69, 9.17) is 6.42 Å². The van der Waals surface area contributed by atoms with Crippen LogP contribution in [0, 0.1) is 18.3 Å². The third kappa shape index (κ3) is 0.775. The summed E-state index contributed by atoms with van der Waals surface area (Å²) in [5.41, 5.74) is 0. The molecule has 2 unspecified atom stereocenters. The number of carbonyl (C=O) groups is 1. The largest absolute Gasteiger partial charge is 0.325 e. The Hall–Kier alpha value is -1.23. The zero-order chi connectivity index (χ0) is 7.84. The molecule has 1 saturated heterocycles. The van der Waals surface area contributed by atoms with Gasteiger partial charge in [0.2, 0.25) is 5.91 Å². The Kier molecular flexibility index (Phi) is 1.25. The number of amides is 1. The number of rotatable bonds is 1. The fraction of sp³-hybridized carbons (Fsp3) is 0.444. The second kappa shape index (κ2) is 2.13. The summed E-state index contributed by atoms with van der Waals surface area (Å²) in [6.45, 7) is 0.463. The number of terminal acetylenes is 1. The molecular formula is C9H9NO. The van der Waals surface area contributed by atoms with Crippen LogP contribution in [0.3, 0.4) is 0 Å². The summed E-state index contributed by atoms with van der Waals surface area (Å²) in [5, 5.41) is 0. The van der Waals surface area contributed by atoms with Gasteiger partial charge in [0.05, 0.1) is 18.5 Å². The van der Waals surface area contributed by atoms with Crippen molar-refractivity contribution in [3.05, 3.63) is 12.2 Å². The molecule has 2 atom stereocenters. The highest BCUT2D eigenvalue weighted by Gasteiger charge is 2.40. The van der Waals surface area contributed by atoms with Crippen LogP contribution in [0.2, 0.25) is 0 Å². The molecule has 1 amide bonds. The average molecular weight is 147 g/mol. The lowest BCUT2D eigenvalue weighted by Crippen LogP contribution is -2.34. The van der Waals surface area contributed by atoms with Gasteiger partial charge in [-0.15, -0.1) is 6.42 Å². The van der Waals surface area contributed by atoms with Gasteiger partial charge in [-0.2, -0.15) is 0 Å². The van der Waals surface area contributed by atoms with Gasteiger partial charge in [0.1, 0.15) is 0 Å². The van der Waals surface area contributed by atoms with E-state index in [0.29, 0.717) is 12.6 Å². The van der Waals surface area contributed by atoms with Crippen LogP contribution < -0.4 is 0 Å². The minimum Gasteiger partial charge on any atom is -0.325 e. The maximum atomic E-state index is 11.3. The molecule has 2 aliphatic rings. The first kappa shape index (κ1) is 6.48. The van der Waals surface area contributed by atoms with Gasteiger partial charge in [0.25, 0.3) is 0 Å². The van der Waals surface area contributed by atoms with Crippen LogP contribution in [-0.2, 0) is 4.79 Å². The summed E-state index contributed by atoms with van der Waals surface area (Å²) in [7, 11) is 0. The summed E-state index contributed by atoms with van der Waals surface area (Å²) < 4.78 is 0. The predicted molar refractivity (Wildman–Crippen MR) is 41.6 cm³/mol. The molecule has 11 heavy (non-hydrogen) atoms. The van der Waals surface area contributed by atoms with Crippen LogP contribution in [-0.4, -0.2) is 23.4 Å². The van der Waals surface area contributed by atoms with E-state index in [-0.39, 0.29) is 11.8 Å². The van der Waals surface area contributed by atoms with Gasteiger partial charge in [-0.25, -0.2) is 0 Å². The number of nitrogens with zero attached hydrogens (tertiary/aromatic N) is 1. The number of fused-ring (bicyclic) bond motifs is 2. The number of likely N-dealkylation sites (tertiary alicyclic amines) is 1. The van der Waals surface area contributed by atoms with Crippen molar-refractivity contribution >= 4 is 5.91 Å². The Bertz CT molecular complexity index is 261. The summed E-state index contributed by atoms with van der Waals surface area (Å²) in [6, 6.07) is 0.295. The Balaban J connectivity index is 2.20. The Morgan fingerprint density at radius 1 is 1.73 bits per heavy atom. The molecule has 0 radical (unpaired) electrons. The van der Waals surface area contributed by atoms with Gasteiger partial charge in [0.15, 0.2) is 0 Å². The predicted octanol–water partition coefficient (Wildman–Crippen LogP) is 0.406. The Morgan fingerprint density at radius 3 is 3.09 bits per heavy atom. The normalized spacial score (nSPS) is 33.0. The molecule has 2 rings (SSSR count). The molecule has 0 aromatic rings. The van der Waals surface area contributed by atoms with Gasteiger partial charge >= 0.3 is 0 Å². The third-order valence-corrected chi connectivity index (χ3v) is 2.32. The summed E-state index contributed by atoms with van der Waals surface area (Å²) in [4.78, 5) is 13.1.